The molecule has 0 atom stereocenters. The van der Waals surface area contributed by atoms with Crippen LogP contribution in [-0.2, 0) is 32.9 Å². The Morgan fingerprint density at radius 2 is 1.61 bits per heavy atom. The molecule has 0 N–H and O–H groups in total. The van der Waals surface area contributed by atoms with Gasteiger partial charge in [0.15, 0.2) is 21.3 Å². The SMILES string of the molecule is [C-]#[N+]c1ccc(-c2nc(C3(c4c(Cl)cc(CC(=O)Cc5ccc(S(C)(=O)=O)cc5)cc4Cl)CC3)no2)cc1. The second-order valence-electron chi connectivity index (χ2n) is 9.41. The molecule has 192 valence electrons. The normalized spacial score (nSPS) is 14.2. The first kappa shape index (κ1) is 26.1. The number of carbonyl (C=O) groups is 1. The largest absolute Gasteiger partial charge is 0.334 e. The Kier molecular flexibility index (Phi) is 6.86. The van der Waals surface area contributed by atoms with Crippen molar-refractivity contribution in [2.24, 2.45) is 0 Å². The first-order chi connectivity index (χ1) is 18.1. The van der Waals surface area contributed by atoms with Crippen LogP contribution in [0.5, 0.6) is 0 Å². The summed E-state index contributed by atoms with van der Waals surface area (Å²) < 4.78 is 28.8. The number of hydrogen-bond acceptors (Lipinski definition) is 6. The van der Waals surface area contributed by atoms with Gasteiger partial charge in [-0.1, -0.05) is 64.8 Å². The van der Waals surface area contributed by atoms with Gasteiger partial charge in [0, 0.05) is 40.3 Å². The van der Waals surface area contributed by atoms with Crippen LogP contribution in [0.4, 0.5) is 5.69 Å². The van der Waals surface area contributed by atoms with Crippen molar-refractivity contribution in [3.05, 3.63) is 105 Å². The molecule has 0 saturated heterocycles. The van der Waals surface area contributed by atoms with Gasteiger partial charge in [-0.2, -0.15) is 4.98 Å². The van der Waals surface area contributed by atoms with Crippen LogP contribution >= 0.6 is 23.2 Å². The van der Waals surface area contributed by atoms with Gasteiger partial charge in [-0.3, -0.25) is 4.79 Å². The highest BCUT2D eigenvalue weighted by Crippen LogP contribution is 2.56. The number of hydrogen-bond donors (Lipinski definition) is 0. The molecule has 0 aliphatic heterocycles. The molecule has 5 rings (SSSR count). The number of nitrogens with zero attached hydrogens (tertiary/aromatic N) is 3. The van der Waals surface area contributed by atoms with Crippen molar-refractivity contribution < 1.29 is 17.7 Å². The van der Waals surface area contributed by atoms with Crippen LogP contribution in [-0.4, -0.2) is 30.6 Å². The van der Waals surface area contributed by atoms with E-state index >= 15 is 0 Å². The summed E-state index contributed by atoms with van der Waals surface area (Å²) in [5.41, 5.74) is 2.80. The van der Waals surface area contributed by atoms with Gasteiger partial charge in [-0.05, 0) is 48.2 Å². The van der Waals surface area contributed by atoms with Crippen LogP contribution in [0, 0.1) is 6.57 Å². The van der Waals surface area contributed by atoms with Gasteiger partial charge >= 0.3 is 0 Å². The molecule has 38 heavy (non-hydrogen) atoms. The molecule has 10 heteroatoms. The Bertz CT molecular complexity index is 1660. The second kappa shape index (κ2) is 9.99. The summed E-state index contributed by atoms with van der Waals surface area (Å²) >= 11 is 13.4. The molecule has 0 bridgehead atoms. The number of rotatable bonds is 8. The molecule has 4 aromatic rings. The first-order valence-corrected chi connectivity index (χ1v) is 14.3. The lowest BCUT2D eigenvalue weighted by molar-refractivity contribution is -0.117. The highest BCUT2D eigenvalue weighted by Gasteiger charge is 2.52. The summed E-state index contributed by atoms with van der Waals surface area (Å²) in [6.45, 7) is 7.09. The van der Waals surface area contributed by atoms with Gasteiger partial charge in [-0.15, -0.1) is 0 Å². The van der Waals surface area contributed by atoms with Crippen LogP contribution < -0.4 is 0 Å². The Labute approximate surface area is 230 Å². The zero-order valence-electron chi connectivity index (χ0n) is 20.2. The quantitative estimate of drug-likeness (QED) is 0.228. The van der Waals surface area contributed by atoms with Gasteiger partial charge in [0.25, 0.3) is 5.89 Å². The number of benzene rings is 3. The third-order valence-electron chi connectivity index (χ3n) is 6.58. The fraction of sp³-hybridized carbons (Fsp3) is 0.214. The zero-order chi connectivity index (χ0) is 27.1. The predicted octanol–water partition coefficient (Wildman–Crippen LogP) is 6.43. The average molecular weight is 566 g/mol. The molecule has 1 saturated carbocycles. The lowest BCUT2D eigenvalue weighted by Crippen LogP contribution is -2.13. The van der Waals surface area contributed by atoms with Crippen molar-refractivity contribution in [3.63, 3.8) is 0 Å². The highest BCUT2D eigenvalue weighted by molar-refractivity contribution is 7.90. The van der Waals surface area contributed by atoms with E-state index in [-0.39, 0.29) is 23.5 Å². The van der Waals surface area contributed by atoms with E-state index < -0.39 is 15.3 Å². The van der Waals surface area contributed by atoms with E-state index in [9.17, 15) is 13.2 Å². The Balaban J connectivity index is 1.33. The standard InChI is InChI=1S/C28H21Cl2N3O4S/c1-31-20-7-5-19(6-8-20)26-32-27(33-37-26)28(11-12-28)25-23(29)15-18(16-24(25)30)14-21(34)13-17-3-9-22(10-4-17)38(2,35)36/h3-10,15-16H,11-14H2,2H3. The monoisotopic (exact) mass is 565 g/mol. The molecule has 0 radical (unpaired) electrons. The van der Waals surface area contributed by atoms with Gasteiger partial charge in [-0.25, -0.2) is 13.3 Å². The highest BCUT2D eigenvalue weighted by atomic mass is 35.5. The van der Waals surface area contributed by atoms with E-state index in [1.54, 1.807) is 48.5 Å². The number of ketones is 1. The first-order valence-electron chi connectivity index (χ1n) is 11.7. The Morgan fingerprint density at radius 1 is 1.00 bits per heavy atom. The van der Waals surface area contributed by atoms with Crippen LogP contribution in [0.1, 0.15) is 35.4 Å². The maximum Gasteiger partial charge on any atom is 0.257 e. The fourth-order valence-corrected chi connectivity index (χ4v) is 6.01. The summed E-state index contributed by atoms with van der Waals surface area (Å²) in [5, 5.41) is 5.08. The maximum absolute atomic E-state index is 12.7. The van der Waals surface area contributed by atoms with E-state index in [0.29, 0.717) is 44.1 Å². The van der Waals surface area contributed by atoms with Crippen LogP contribution in [0.3, 0.4) is 0 Å². The number of carbonyl (C=O) groups excluding carboxylic acids is 1. The molecule has 1 heterocycles. The fourth-order valence-electron chi connectivity index (χ4n) is 4.48. The van der Waals surface area contributed by atoms with Crippen LogP contribution in [0.2, 0.25) is 10.0 Å². The third-order valence-corrected chi connectivity index (χ3v) is 8.31. The minimum Gasteiger partial charge on any atom is -0.334 e. The summed E-state index contributed by atoms with van der Waals surface area (Å²) in [5.74, 6) is 0.791. The molecule has 7 nitrogen and oxygen atoms in total. The lowest BCUT2D eigenvalue weighted by Gasteiger charge is -2.16. The van der Waals surface area contributed by atoms with Crippen molar-refractivity contribution in [2.75, 3.05) is 6.26 Å². The second-order valence-corrected chi connectivity index (χ2v) is 12.2. The minimum atomic E-state index is -3.29. The topological polar surface area (TPSA) is 94.5 Å². The third kappa shape index (κ3) is 5.23. The van der Waals surface area contributed by atoms with Gasteiger partial charge in [0.1, 0.15) is 5.78 Å². The van der Waals surface area contributed by atoms with E-state index in [4.69, 9.17) is 34.3 Å². The number of sulfone groups is 1. The zero-order valence-corrected chi connectivity index (χ0v) is 22.6. The van der Waals surface area contributed by atoms with Crippen molar-refractivity contribution in [1.82, 2.24) is 10.1 Å². The Morgan fingerprint density at radius 3 is 2.16 bits per heavy atom. The maximum atomic E-state index is 12.7. The van der Waals surface area contributed by atoms with Crippen LogP contribution in [0.25, 0.3) is 16.3 Å². The molecule has 3 aromatic carbocycles. The molecule has 1 aromatic heterocycles. The van der Waals surface area contributed by atoms with Crippen LogP contribution in [0.15, 0.2) is 70.1 Å². The summed E-state index contributed by atoms with van der Waals surface area (Å²) in [7, 11) is -3.29. The summed E-state index contributed by atoms with van der Waals surface area (Å²) in [6, 6.07) is 16.7. The average Bonchev–Trinajstić information content (AvgIpc) is 3.49. The molecule has 1 fully saturated rings. The minimum absolute atomic E-state index is 0.0508. The Hall–Kier alpha value is -3.51. The molecule has 1 aliphatic rings. The molecular formula is C28H21Cl2N3O4S. The molecular weight excluding hydrogens is 545 g/mol. The van der Waals surface area contributed by atoms with E-state index in [1.807, 2.05) is 0 Å². The number of aromatic nitrogens is 2. The van der Waals surface area contributed by atoms with E-state index in [0.717, 1.165) is 24.7 Å². The van der Waals surface area contributed by atoms with Crippen molar-refractivity contribution in [1.29, 1.82) is 0 Å². The van der Waals surface area contributed by atoms with Gasteiger partial charge in [0.2, 0.25) is 0 Å². The summed E-state index contributed by atoms with van der Waals surface area (Å²) in [6.07, 6.45) is 2.94. The lowest BCUT2D eigenvalue weighted by atomic mass is 9.92. The van der Waals surface area contributed by atoms with E-state index in [1.165, 1.54) is 12.1 Å². The molecule has 0 unspecified atom stereocenters. The molecule has 1 aliphatic carbocycles. The number of halogens is 2. The van der Waals surface area contributed by atoms with Crippen molar-refractivity contribution >= 4 is 44.5 Å². The van der Waals surface area contributed by atoms with E-state index in [2.05, 4.69) is 15.0 Å². The van der Waals surface area contributed by atoms with Gasteiger partial charge in [0.05, 0.1) is 16.9 Å². The summed E-state index contributed by atoms with van der Waals surface area (Å²) in [4.78, 5) is 20.9. The molecule has 0 spiro atoms. The van der Waals surface area contributed by atoms with Crippen molar-refractivity contribution in [3.8, 4) is 11.5 Å². The smallest absolute Gasteiger partial charge is 0.257 e. The number of Topliss-reactive ketones (excluding diaryl/α,β-unsaturated/α-hetero) is 1. The van der Waals surface area contributed by atoms with Gasteiger partial charge < -0.3 is 4.52 Å². The van der Waals surface area contributed by atoms with Crippen molar-refractivity contribution in [2.45, 2.75) is 36.0 Å². The molecule has 0 amide bonds. The predicted molar refractivity (Wildman–Crippen MR) is 144 cm³/mol.